The highest BCUT2D eigenvalue weighted by molar-refractivity contribution is 7.11. The topological polar surface area (TPSA) is 56.8 Å². The van der Waals surface area contributed by atoms with Crippen LogP contribution in [0.4, 0.5) is 5.69 Å². The zero-order valence-electron chi connectivity index (χ0n) is 19.0. The van der Waals surface area contributed by atoms with E-state index in [-0.39, 0.29) is 17.9 Å². The molecule has 1 atom stereocenters. The van der Waals surface area contributed by atoms with Gasteiger partial charge in [0.1, 0.15) is 0 Å². The Morgan fingerprint density at radius 1 is 1.06 bits per heavy atom. The summed E-state index contributed by atoms with van der Waals surface area (Å²) in [5, 5.41) is 2.38. The minimum Gasteiger partial charge on any atom is -0.334 e. The molecule has 2 aliphatic rings. The van der Waals surface area contributed by atoms with Gasteiger partial charge in [-0.05, 0) is 48.2 Å². The molecule has 6 nitrogen and oxygen atoms in total. The largest absolute Gasteiger partial charge is 0.334 e. The van der Waals surface area contributed by atoms with E-state index in [4.69, 9.17) is 0 Å². The van der Waals surface area contributed by atoms with E-state index >= 15 is 0 Å². The summed E-state index contributed by atoms with van der Waals surface area (Å²) in [4.78, 5) is 35.8. The maximum atomic E-state index is 13.0. The molecule has 1 unspecified atom stereocenters. The zero-order valence-corrected chi connectivity index (χ0v) is 19.8. The van der Waals surface area contributed by atoms with E-state index < -0.39 is 0 Å². The van der Waals surface area contributed by atoms with Gasteiger partial charge in [0, 0.05) is 62.5 Å². The van der Waals surface area contributed by atoms with Gasteiger partial charge in [-0.2, -0.15) is 0 Å². The van der Waals surface area contributed by atoms with Gasteiger partial charge in [-0.1, -0.05) is 30.3 Å². The average molecular weight is 461 g/mol. The van der Waals surface area contributed by atoms with Gasteiger partial charge in [0.2, 0.25) is 5.91 Å². The normalized spacial score (nSPS) is 19.3. The van der Waals surface area contributed by atoms with E-state index in [2.05, 4.69) is 54.1 Å². The van der Waals surface area contributed by atoms with Crippen LogP contribution in [0.15, 0.2) is 54.0 Å². The van der Waals surface area contributed by atoms with Crippen LogP contribution in [-0.4, -0.2) is 65.4 Å². The quantitative estimate of drug-likeness (QED) is 0.591. The Hall–Kier alpha value is -3.03. The summed E-state index contributed by atoms with van der Waals surface area (Å²) in [7, 11) is 0. The first-order valence-corrected chi connectivity index (χ1v) is 12.3. The van der Waals surface area contributed by atoms with Crippen LogP contribution >= 0.6 is 11.3 Å². The molecular weight excluding hydrogens is 432 g/mol. The maximum Gasteiger partial charge on any atom is 0.282 e. The number of anilines is 1. The molecule has 1 aromatic heterocycles. The molecular formula is C26H28N4O2S. The van der Waals surface area contributed by atoms with Crippen LogP contribution < -0.4 is 4.90 Å². The number of hydrogen-bond donors (Lipinski definition) is 0. The number of aryl methyl sites for hydroxylation is 1. The number of benzene rings is 2. The molecule has 33 heavy (non-hydrogen) atoms. The predicted octanol–water partition coefficient (Wildman–Crippen LogP) is 3.99. The van der Waals surface area contributed by atoms with Gasteiger partial charge in [0.05, 0.1) is 0 Å². The molecule has 0 bridgehead atoms. The second-order valence-electron chi connectivity index (χ2n) is 8.83. The van der Waals surface area contributed by atoms with Gasteiger partial charge in [0.25, 0.3) is 5.91 Å². The monoisotopic (exact) mass is 460 g/mol. The molecule has 2 amide bonds. The highest BCUT2D eigenvalue weighted by atomic mass is 32.1. The number of carbonyl (C=O) groups excluding carboxylic acids is 2. The van der Waals surface area contributed by atoms with Crippen molar-refractivity contribution in [3.63, 3.8) is 0 Å². The van der Waals surface area contributed by atoms with Crippen molar-refractivity contribution in [1.82, 2.24) is 14.8 Å². The number of hydrogen-bond acceptors (Lipinski definition) is 5. The van der Waals surface area contributed by atoms with Crippen molar-refractivity contribution in [2.24, 2.45) is 0 Å². The van der Waals surface area contributed by atoms with E-state index in [1.165, 1.54) is 28.0 Å². The Morgan fingerprint density at radius 2 is 1.85 bits per heavy atom. The second kappa shape index (κ2) is 9.08. The fraction of sp³-hybridized carbons (Fsp3) is 0.346. The van der Waals surface area contributed by atoms with Crippen molar-refractivity contribution in [3.8, 4) is 11.1 Å². The van der Waals surface area contributed by atoms with Crippen molar-refractivity contribution in [3.05, 3.63) is 70.2 Å². The maximum absolute atomic E-state index is 13.0. The zero-order chi connectivity index (χ0) is 22.9. The van der Waals surface area contributed by atoms with Crippen LogP contribution in [0.2, 0.25) is 0 Å². The Kier molecular flexibility index (Phi) is 6.00. The minimum absolute atomic E-state index is 0.0111. The summed E-state index contributed by atoms with van der Waals surface area (Å²) in [6, 6.07) is 14.8. The fourth-order valence-corrected chi connectivity index (χ4v) is 5.44. The molecule has 3 heterocycles. The summed E-state index contributed by atoms with van der Waals surface area (Å²) >= 11 is 1.38. The van der Waals surface area contributed by atoms with Crippen LogP contribution in [0.1, 0.15) is 27.3 Å². The van der Waals surface area contributed by atoms with Crippen molar-refractivity contribution in [2.45, 2.75) is 26.3 Å². The van der Waals surface area contributed by atoms with Crippen LogP contribution in [0.3, 0.4) is 0 Å². The number of piperazine rings is 1. The number of nitrogens with zero attached hydrogens (tertiary/aromatic N) is 4. The first-order chi connectivity index (χ1) is 16.0. The molecule has 7 heteroatoms. The highest BCUT2D eigenvalue weighted by Gasteiger charge is 2.36. The van der Waals surface area contributed by atoms with E-state index in [0.717, 1.165) is 24.3 Å². The number of amides is 2. The van der Waals surface area contributed by atoms with Gasteiger partial charge >= 0.3 is 0 Å². The van der Waals surface area contributed by atoms with Crippen molar-refractivity contribution in [1.29, 1.82) is 0 Å². The number of thiazole rings is 1. The average Bonchev–Trinajstić information content (AvgIpc) is 3.51. The lowest BCUT2D eigenvalue weighted by Crippen LogP contribution is -2.52. The smallest absolute Gasteiger partial charge is 0.282 e. The fourth-order valence-electron chi connectivity index (χ4n) is 4.84. The molecule has 2 aliphatic heterocycles. The lowest BCUT2D eigenvalue weighted by molar-refractivity contribution is -0.117. The first kappa shape index (κ1) is 21.8. The second-order valence-corrected chi connectivity index (χ2v) is 9.72. The minimum atomic E-state index is 0.0111. The number of aromatic nitrogens is 1. The molecule has 0 N–H and O–H groups in total. The van der Waals surface area contributed by atoms with Gasteiger partial charge in [0.15, 0.2) is 5.01 Å². The van der Waals surface area contributed by atoms with Crippen LogP contribution in [-0.2, 0) is 4.79 Å². The number of rotatable bonds is 4. The molecule has 0 saturated carbocycles. The molecule has 0 aliphatic carbocycles. The third-order valence-electron chi connectivity index (χ3n) is 6.91. The third kappa shape index (κ3) is 4.30. The number of carbonyl (C=O) groups is 2. The molecule has 0 spiro atoms. The molecule has 5 rings (SSSR count). The van der Waals surface area contributed by atoms with Crippen molar-refractivity contribution in [2.75, 3.05) is 37.6 Å². The third-order valence-corrected chi connectivity index (χ3v) is 7.67. The summed E-state index contributed by atoms with van der Waals surface area (Å²) in [6.07, 6.45) is 2.19. The SMILES string of the molecule is Cc1cccc(-c2cccc(N3CC(N4CCN(C(=O)c5nccs5)CC4)CC3=O)c2)c1C. The predicted molar refractivity (Wildman–Crippen MR) is 132 cm³/mol. The Labute approximate surface area is 198 Å². The van der Waals surface area contributed by atoms with Gasteiger partial charge in [-0.15, -0.1) is 11.3 Å². The van der Waals surface area contributed by atoms with Gasteiger partial charge in [-0.25, -0.2) is 4.98 Å². The van der Waals surface area contributed by atoms with Gasteiger partial charge < -0.3 is 9.80 Å². The molecule has 2 saturated heterocycles. The van der Waals surface area contributed by atoms with E-state index in [9.17, 15) is 9.59 Å². The Balaban J connectivity index is 1.26. The summed E-state index contributed by atoms with van der Waals surface area (Å²) in [5.74, 6) is 0.177. The molecule has 2 fully saturated rings. The van der Waals surface area contributed by atoms with E-state index in [0.29, 0.717) is 31.1 Å². The molecule has 170 valence electrons. The van der Waals surface area contributed by atoms with Gasteiger partial charge in [-0.3, -0.25) is 14.5 Å². The van der Waals surface area contributed by atoms with Crippen molar-refractivity contribution < 1.29 is 9.59 Å². The summed E-state index contributed by atoms with van der Waals surface area (Å²) < 4.78 is 0. The van der Waals surface area contributed by atoms with E-state index in [1.54, 1.807) is 6.20 Å². The highest BCUT2D eigenvalue weighted by Crippen LogP contribution is 2.31. The van der Waals surface area contributed by atoms with Crippen molar-refractivity contribution >= 4 is 28.8 Å². The van der Waals surface area contributed by atoms with Crippen LogP contribution in [0.25, 0.3) is 11.1 Å². The van der Waals surface area contributed by atoms with E-state index in [1.807, 2.05) is 27.3 Å². The van der Waals surface area contributed by atoms with Crippen LogP contribution in [0, 0.1) is 13.8 Å². The molecule has 2 aromatic carbocycles. The molecule has 0 radical (unpaired) electrons. The Morgan fingerprint density at radius 3 is 2.61 bits per heavy atom. The summed E-state index contributed by atoms with van der Waals surface area (Å²) in [6.45, 7) is 7.87. The lowest BCUT2D eigenvalue weighted by atomic mass is 9.97. The lowest BCUT2D eigenvalue weighted by Gasteiger charge is -2.37. The van der Waals surface area contributed by atoms with Crippen LogP contribution in [0.5, 0.6) is 0 Å². The standard InChI is InChI=1S/C26H28N4O2S/c1-18-5-3-8-23(19(18)2)20-6-4-7-21(15-20)30-17-22(16-24(30)31)28-10-12-29(13-11-28)26(32)25-27-9-14-33-25/h3-9,14-15,22H,10-13,16-17H2,1-2H3. The molecule has 3 aromatic rings. The first-order valence-electron chi connectivity index (χ1n) is 11.4. The summed E-state index contributed by atoms with van der Waals surface area (Å²) in [5.41, 5.74) is 5.84. The Bertz CT molecular complexity index is 1170.